The number of benzene rings is 2. The molecule has 1 atom stereocenters. The lowest BCUT2D eigenvalue weighted by Crippen LogP contribution is -2.41. The Balaban J connectivity index is 1.40. The molecule has 2 fully saturated rings. The zero-order chi connectivity index (χ0) is 39.5. The second-order valence-electron chi connectivity index (χ2n) is 17.3. The molecule has 2 saturated heterocycles. The molecule has 0 amide bonds. The third-order valence-corrected chi connectivity index (χ3v) is 16.0. The van der Waals surface area contributed by atoms with Crippen LogP contribution < -0.4 is 18.9 Å². The summed E-state index contributed by atoms with van der Waals surface area (Å²) in [6.45, 7) is 15.3. The number of fused-ring (bicyclic) bond motifs is 6. The monoisotopic (exact) mass is 790 g/mol. The van der Waals surface area contributed by atoms with E-state index in [4.69, 9.17) is 23.9 Å². The van der Waals surface area contributed by atoms with E-state index in [0.29, 0.717) is 73.5 Å². The molecule has 55 heavy (non-hydrogen) atoms. The first kappa shape index (κ1) is 38.0. The fraction of sp³-hybridized carbons (Fsp3) is 0.561. The minimum absolute atomic E-state index is 0.0740. The lowest BCUT2D eigenvalue weighted by Gasteiger charge is -2.37. The number of nitriles is 1. The summed E-state index contributed by atoms with van der Waals surface area (Å²) in [5.41, 5.74) is 7.05. The summed E-state index contributed by atoms with van der Waals surface area (Å²) in [5.74, 6) is 3.22. The van der Waals surface area contributed by atoms with Crippen LogP contribution in [-0.2, 0) is 49.0 Å². The second kappa shape index (κ2) is 12.8. The number of nitrogens with zero attached hydrogens (tertiary/aromatic N) is 4. The maximum Gasteiger partial charge on any atom is 0.265 e. The molecule has 8 rings (SSSR count). The fourth-order valence-corrected chi connectivity index (χ4v) is 12.7. The molecule has 294 valence electrons. The minimum atomic E-state index is -3.14. The van der Waals surface area contributed by atoms with E-state index in [1.165, 1.54) is 5.56 Å². The van der Waals surface area contributed by atoms with Crippen molar-refractivity contribution >= 4 is 19.7 Å². The Morgan fingerprint density at radius 3 is 1.84 bits per heavy atom. The van der Waals surface area contributed by atoms with Gasteiger partial charge in [0.15, 0.2) is 42.7 Å². The molecular weight excluding hydrogens is 741 g/mol. The number of sulfone groups is 2. The molecule has 2 aliphatic carbocycles. The van der Waals surface area contributed by atoms with E-state index in [2.05, 4.69) is 55.7 Å². The normalized spacial score (nSPS) is 24.1. The highest BCUT2D eigenvalue weighted by Crippen LogP contribution is 2.68. The third kappa shape index (κ3) is 6.08. The Labute approximate surface area is 324 Å². The number of pyridine rings is 1. The van der Waals surface area contributed by atoms with E-state index in [-0.39, 0.29) is 45.5 Å². The van der Waals surface area contributed by atoms with Crippen molar-refractivity contribution < 1.29 is 35.8 Å². The molecule has 1 spiro atoms. The van der Waals surface area contributed by atoms with Gasteiger partial charge in [-0.1, -0.05) is 27.7 Å². The lowest BCUT2D eigenvalue weighted by molar-refractivity contribution is 0.270. The summed E-state index contributed by atoms with van der Waals surface area (Å²) in [5, 5.41) is 10.3. The van der Waals surface area contributed by atoms with Crippen LogP contribution in [0.1, 0.15) is 90.7 Å². The quantitative estimate of drug-likeness (QED) is 0.240. The Kier molecular flexibility index (Phi) is 8.85. The molecule has 2 aromatic carbocycles. The van der Waals surface area contributed by atoms with Crippen molar-refractivity contribution in [1.29, 1.82) is 5.26 Å². The summed E-state index contributed by atoms with van der Waals surface area (Å²) >= 11 is 0. The van der Waals surface area contributed by atoms with Crippen LogP contribution in [-0.4, -0.2) is 95.0 Å². The maximum absolute atomic E-state index is 12.6. The average Bonchev–Trinajstić information content (AvgIpc) is 3.48. The minimum Gasteiger partial charge on any atom is -0.493 e. The van der Waals surface area contributed by atoms with Gasteiger partial charge in [0.1, 0.15) is 11.6 Å². The number of aromatic nitrogens is 1. The van der Waals surface area contributed by atoms with Gasteiger partial charge in [-0.2, -0.15) is 5.26 Å². The van der Waals surface area contributed by atoms with Gasteiger partial charge in [0.2, 0.25) is 5.75 Å². The van der Waals surface area contributed by atoms with Crippen LogP contribution in [0.2, 0.25) is 0 Å². The van der Waals surface area contributed by atoms with E-state index in [1.54, 1.807) is 14.2 Å². The number of aryl methyl sites for hydroxylation is 1. The summed E-state index contributed by atoms with van der Waals surface area (Å²) in [7, 11) is -2.93. The van der Waals surface area contributed by atoms with Crippen molar-refractivity contribution in [1.82, 2.24) is 14.8 Å². The van der Waals surface area contributed by atoms with Gasteiger partial charge < -0.3 is 18.9 Å². The number of hydrogen-bond donors (Lipinski definition) is 0. The van der Waals surface area contributed by atoms with Gasteiger partial charge in [0, 0.05) is 61.5 Å². The average molecular weight is 791 g/mol. The third-order valence-electron chi connectivity index (χ3n) is 12.8. The SMILES string of the molecule is COc1cc2c(c(CN3CCS(=O)(=O)CC3)c1OC)C1(CC2(C)C)CC(C)(C)c2cc3c(c(CN4CCS(=O)(=O)CC4)c21)Oc1c(nc(C)c(C)c1C#N)O3. The van der Waals surface area contributed by atoms with Gasteiger partial charge in [-0.3, -0.25) is 9.80 Å². The predicted molar refractivity (Wildman–Crippen MR) is 208 cm³/mol. The predicted octanol–water partition coefficient (Wildman–Crippen LogP) is 5.59. The second-order valence-corrected chi connectivity index (χ2v) is 21.9. The Morgan fingerprint density at radius 1 is 0.782 bits per heavy atom. The molecule has 3 aliphatic heterocycles. The summed E-state index contributed by atoms with van der Waals surface area (Å²) in [6, 6.07) is 6.54. The van der Waals surface area contributed by atoms with Gasteiger partial charge in [0.25, 0.3) is 5.88 Å². The van der Waals surface area contributed by atoms with Gasteiger partial charge in [-0.15, -0.1) is 0 Å². The van der Waals surface area contributed by atoms with E-state index in [0.717, 1.165) is 46.2 Å². The zero-order valence-corrected chi connectivity index (χ0v) is 34.6. The summed E-state index contributed by atoms with van der Waals surface area (Å²) in [4.78, 5) is 9.09. The van der Waals surface area contributed by atoms with E-state index >= 15 is 0 Å². The molecule has 3 aromatic rings. The van der Waals surface area contributed by atoms with Crippen LogP contribution in [0.5, 0.6) is 34.6 Å². The summed E-state index contributed by atoms with van der Waals surface area (Å²) < 4.78 is 76.0. The van der Waals surface area contributed by atoms with Crippen molar-refractivity contribution in [2.24, 2.45) is 0 Å². The Hall–Kier alpha value is -3.90. The molecule has 5 aliphatic rings. The van der Waals surface area contributed by atoms with Crippen LogP contribution >= 0.6 is 0 Å². The first-order valence-electron chi connectivity index (χ1n) is 19.0. The number of methoxy groups -OCH3 is 2. The lowest BCUT2D eigenvalue weighted by atomic mass is 9.70. The first-order chi connectivity index (χ1) is 25.8. The Morgan fingerprint density at radius 2 is 1.31 bits per heavy atom. The van der Waals surface area contributed by atoms with Crippen molar-refractivity contribution in [3.05, 3.63) is 62.3 Å². The molecule has 1 aromatic heterocycles. The van der Waals surface area contributed by atoms with E-state index in [1.807, 2.05) is 13.8 Å². The van der Waals surface area contributed by atoms with Gasteiger partial charge in [-0.05, 0) is 77.5 Å². The van der Waals surface area contributed by atoms with Gasteiger partial charge in [-0.25, -0.2) is 21.8 Å². The summed E-state index contributed by atoms with van der Waals surface area (Å²) in [6.07, 6.45) is 1.53. The highest BCUT2D eigenvalue weighted by Gasteiger charge is 2.60. The maximum atomic E-state index is 12.6. The van der Waals surface area contributed by atoms with Crippen LogP contribution in [0.3, 0.4) is 0 Å². The molecule has 4 heterocycles. The van der Waals surface area contributed by atoms with Crippen molar-refractivity contribution in [2.75, 3.05) is 63.4 Å². The smallest absolute Gasteiger partial charge is 0.265 e. The molecule has 14 heteroatoms. The van der Waals surface area contributed by atoms with E-state index < -0.39 is 25.1 Å². The number of ether oxygens (including phenoxy) is 4. The first-order valence-corrected chi connectivity index (χ1v) is 22.6. The molecule has 0 radical (unpaired) electrons. The molecule has 1 unspecified atom stereocenters. The van der Waals surface area contributed by atoms with Crippen molar-refractivity contribution in [2.45, 2.75) is 83.7 Å². The molecule has 0 N–H and O–H groups in total. The van der Waals surface area contributed by atoms with Crippen LogP contribution in [0.4, 0.5) is 0 Å². The van der Waals surface area contributed by atoms with Crippen LogP contribution in [0.25, 0.3) is 0 Å². The van der Waals surface area contributed by atoms with Gasteiger partial charge >= 0.3 is 0 Å². The van der Waals surface area contributed by atoms with Crippen molar-refractivity contribution in [3.8, 4) is 40.7 Å². The topological polar surface area (TPSA) is 148 Å². The molecule has 12 nitrogen and oxygen atoms in total. The number of hydrogen-bond acceptors (Lipinski definition) is 12. The van der Waals surface area contributed by atoms with Crippen molar-refractivity contribution in [3.63, 3.8) is 0 Å². The molecule has 0 saturated carbocycles. The Bertz CT molecular complexity index is 2390. The van der Waals surface area contributed by atoms with Crippen LogP contribution in [0.15, 0.2) is 12.1 Å². The highest BCUT2D eigenvalue weighted by atomic mass is 32.2. The fourth-order valence-electron chi connectivity index (χ4n) is 10.2. The van der Waals surface area contributed by atoms with E-state index in [9.17, 15) is 22.1 Å². The largest absolute Gasteiger partial charge is 0.493 e. The van der Waals surface area contributed by atoms with Gasteiger partial charge in [0.05, 0.1) is 37.2 Å². The van der Waals surface area contributed by atoms with Crippen LogP contribution in [0, 0.1) is 25.2 Å². The molecule has 0 bridgehead atoms. The standard InChI is InChI=1S/C41H50N4O8S2/c1-24-25(2)43-38-37(26(24)19-42)53-36-28(21-45-11-15-55(48,49)16-12-45)34-30(18-32(36)52-38)40(5,6)23-41(34)22-39(3,4)29-17-31(50-7)35(51-8)27(33(29)41)20-44-9-13-54(46,47)14-10-44/h17-18H,9-16,20-23H2,1-8H3. The highest BCUT2D eigenvalue weighted by molar-refractivity contribution is 7.91. The molecular formula is C41H50N4O8S2. The number of rotatable bonds is 6. The zero-order valence-electron chi connectivity index (χ0n) is 33.0.